The van der Waals surface area contributed by atoms with Gasteiger partial charge in [-0.25, -0.2) is 9.59 Å². The fraction of sp³-hybridized carbons (Fsp3) is 0.385. The summed E-state index contributed by atoms with van der Waals surface area (Å²) < 4.78 is 0. The van der Waals surface area contributed by atoms with Gasteiger partial charge in [0.05, 0.1) is 11.4 Å². The van der Waals surface area contributed by atoms with Crippen molar-refractivity contribution in [2.75, 3.05) is 11.1 Å². The van der Waals surface area contributed by atoms with Crippen LogP contribution in [-0.4, -0.2) is 22.6 Å². The molecule has 0 saturated carbocycles. The number of amides is 2. The van der Waals surface area contributed by atoms with Crippen LogP contribution in [0.3, 0.4) is 0 Å². The van der Waals surface area contributed by atoms with Crippen LogP contribution < -0.4 is 16.4 Å². The van der Waals surface area contributed by atoms with Crippen molar-refractivity contribution >= 4 is 23.4 Å². The molecule has 1 aromatic carbocycles. The number of nitrogens with one attached hydrogen (secondary N) is 2. The van der Waals surface area contributed by atoms with Crippen LogP contribution in [0.25, 0.3) is 0 Å². The van der Waals surface area contributed by atoms with E-state index >= 15 is 0 Å². The Kier molecular flexibility index (Phi) is 4.74. The Morgan fingerprint density at radius 3 is 2.32 bits per heavy atom. The number of carbonyl (C=O) groups is 2. The number of aliphatic carboxylic acids is 1. The zero-order valence-electron chi connectivity index (χ0n) is 11.1. The van der Waals surface area contributed by atoms with E-state index in [9.17, 15) is 14.7 Å². The summed E-state index contributed by atoms with van der Waals surface area (Å²) in [5.41, 5.74) is 5.32. The van der Waals surface area contributed by atoms with Gasteiger partial charge in [-0.3, -0.25) is 0 Å². The molecule has 0 atom stereocenters. The number of carboxylic acid groups (broad SMARTS) is 1. The normalized spacial score (nSPS) is 10.8. The minimum Gasteiger partial charge on any atom is -0.480 e. The van der Waals surface area contributed by atoms with Crippen LogP contribution in [0.2, 0.25) is 0 Å². The number of nitrogen functional groups attached to an aromatic ring is 1. The van der Waals surface area contributed by atoms with Crippen LogP contribution in [0.4, 0.5) is 16.2 Å². The molecule has 19 heavy (non-hydrogen) atoms. The van der Waals surface area contributed by atoms with Crippen LogP contribution >= 0.6 is 0 Å². The number of rotatable bonds is 5. The van der Waals surface area contributed by atoms with Crippen LogP contribution in [0.5, 0.6) is 0 Å². The summed E-state index contributed by atoms with van der Waals surface area (Å²) in [6.45, 7) is 3.43. The van der Waals surface area contributed by atoms with Gasteiger partial charge in [-0.2, -0.15) is 0 Å². The van der Waals surface area contributed by atoms with Gasteiger partial charge in [-0.15, -0.1) is 0 Å². The maximum absolute atomic E-state index is 11.9. The van der Waals surface area contributed by atoms with Gasteiger partial charge in [0.2, 0.25) is 0 Å². The number of para-hydroxylation sites is 2. The molecule has 0 unspecified atom stereocenters. The Morgan fingerprint density at radius 2 is 1.84 bits per heavy atom. The average Bonchev–Trinajstić information content (AvgIpc) is 2.38. The molecule has 0 radical (unpaired) electrons. The fourth-order valence-electron chi connectivity index (χ4n) is 1.76. The summed E-state index contributed by atoms with van der Waals surface area (Å²) in [6, 6.07) is 6.20. The minimum atomic E-state index is -1.26. The Balaban J connectivity index is 2.80. The highest BCUT2D eigenvalue weighted by atomic mass is 16.4. The van der Waals surface area contributed by atoms with Gasteiger partial charge in [0.25, 0.3) is 0 Å². The fourth-order valence-corrected chi connectivity index (χ4v) is 1.76. The molecule has 0 aliphatic carbocycles. The standard InChI is InChI=1S/C13H19N3O3/c1-3-13(4-2,11(17)18)16-12(19)15-10-8-6-5-7-9(10)14/h5-8H,3-4,14H2,1-2H3,(H,17,18)(H2,15,16,19). The van der Waals surface area contributed by atoms with E-state index in [0.29, 0.717) is 24.2 Å². The highest BCUT2D eigenvalue weighted by Gasteiger charge is 2.36. The zero-order chi connectivity index (χ0) is 14.5. The first-order chi connectivity index (χ1) is 8.95. The van der Waals surface area contributed by atoms with Gasteiger partial charge in [0.1, 0.15) is 5.54 Å². The molecule has 104 valence electrons. The second-order valence-corrected chi connectivity index (χ2v) is 4.26. The molecule has 0 saturated heterocycles. The molecule has 0 spiro atoms. The molecule has 0 fully saturated rings. The van der Waals surface area contributed by atoms with Crippen LogP contribution in [-0.2, 0) is 4.79 Å². The predicted octanol–water partition coefficient (Wildman–Crippen LogP) is 2.03. The lowest BCUT2D eigenvalue weighted by atomic mass is 9.93. The van der Waals surface area contributed by atoms with Crippen molar-refractivity contribution in [1.82, 2.24) is 5.32 Å². The van der Waals surface area contributed by atoms with E-state index in [0.717, 1.165) is 0 Å². The molecule has 1 rings (SSSR count). The van der Waals surface area contributed by atoms with Crippen molar-refractivity contribution in [3.63, 3.8) is 0 Å². The summed E-state index contributed by atoms with van der Waals surface area (Å²) in [6.07, 6.45) is 0.604. The summed E-state index contributed by atoms with van der Waals surface area (Å²) in [4.78, 5) is 23.1. The molecule has 0 bridgehead atoms. The number of hydrogen-bond acceptors (Lipinski definition) is 3. The first-order valence-electron chi connectivity index (χ1n) is 6.12. The molecule has 5 N–H and O–H groups in total. The van der Waals surface area contributed by atoms with Crippen molar-refractivity contribution in [3.8, 4) is 0 Å². The Hall–Kier alpha value is -2.24. The number of carbonyl (C=O) groups excluding carboxylic acids is 1. The number of benzene rings is 1. The lowest BCUT2D eigenvalue weighted by molar-refractivity contribution is -0.144. The molecule has 2 amide bonds. The molecule has 0 aliphatic heterocycles. The van der Waals surface area contributed by atoms with Gasteiger partial charge < -0.3 is 21.5 Å². The van der Waals surface area contributed by atoms with Crippen molar-refractivity contribution < 1.29 is 14.7 Å². The Morgan fingerprint density at radius 1 is 1.26 bits per heavy atom. The number of hydrogen-bond donors (Lipinski definition) is 4. The van der Waals surface area contributed by atoms with E-state index in [2.05, 4.69) is 10.6 Å². The third kappa shape index (κ3) is 3.37. The third-order valence-electron chi connectivity index (χ3n) is 3.18. The number of carboxylic acids is 1. The van der Waals surface area contributed by atoms with Gasteiger partial charge >= 0.3 is 12.0 Å². The lowest BCUT2D eigenvalue weighted by Crippen LogP contribution is -2.55. The molecule has 6 heteroatoms. The molecule has 0 aliphatic rings. The second-order valence-electron chi connectivity index (χ2n) is 4.26. The first kappa shape index (κ1) is 14.8. The molecule has 0 aromatic heterocycles. The van der Waals surface area contributed by atoms with Gasteiger partial charge in [0, 0.05) is 0 Å². The molecule has 6 nitrogen and oxygen atoms in total. The summed E-state index contributed by atoms with van der Waals surface area (Å²) in [5.74, 6) is -1.05. The van der Waals surface area contributed by atoms with E-state index in [4.69, 9.17) is 5.73 Å². The first-order valence-corrected chi connectivity index (χ1v) is 6.12. The highest BCUT2D eigenvalue weighted by molar-refractivity contribution is 5.96. The predicted molar refractivity (Wildman–Crippen MR) is 74.0 cm³/mol. The zero-order valence-corrected chi connectivity index (χ0v) is 11.1. The van der Waals surface area contributed by atoms with Crippen molar-refractivity contribution in [1.29, 1.82) is 0 Å². The van der Waals surface area contributed by atoms with E-state index < -0.39 is 17.5 Å². The quantitative estimate of drug-likeness (QED) is 0.611. The number of urea groups is 1. The van der Waals surface area contributed by atoms with E-state index in [-0.39, 0.29) is 0 Å². The number of anilines is 2. The topological polar surface area (TPSA) is 104 Å². The van der Waals surface area contributed by atoms with Gasteiger partial charge in [0.15, 0.2) is 0 Å². The highest BCUT2D eigenvalue weighted by Crippen LogP contribution is 2.19. The van der Waals surface area contributed by atoms with Gasteiger partial charge in [-0.1, -0.05) is 26.0 Å². The van der Waals surface area contributed by atoms with Crippen molar-refractivity contribution in [2.24, 2.45) is 0 Å². The summed E-state index contributed by atoms with van der Waals surface area (Å²) in [5, 5.41) is 14.3. The largest absolute Gasteiger partial charge is 0.480 e. The van der Waals surface area contributed by atoms with E-state index in [1.54, 1.807) is 38.1 Å². The van der Waals surface area contributed by atoms with E-state index in [1.807, 2.05) is 0 Å². The Labute approximate surface area is 112 Å². The monoisotopic (exact) mass is 265 g/mol. The van der Waals surface area contributed by atoms with Crippen LogP contribution in [0.15, 0.2) is 24.3 Å². The van der Waals surface area contributed by atoms with Crippen molar-refractivity contribution in [2.45, 2.75) is 32.2 Å². The van der Waals surface area contributed by atoms with Gasteiger partial charge in [-0.05, 0) is 25.0 Å². The summed E-state index contributed by atoms with van der Waals surface area (Å²) >= 11 is 0. The average molecular weight is 265 g/mol. The van der Waals surface area contributed by atoms with Crippen LogP contribution in [0.1, 0.15) is 26.7 Å². The molecule has 1 aromatic rings. The summed E-state index contributed by atoms with van der Waals surface area (Å²) in [7, 11) is 0. The SMILES string of the molecule is CCC(CC)(NC(=O)Nc1ccccc1N)C(=O)O. The smallest absolute Gasteiger partial charge is 0.329 e. The molecule has 0 heterocycles. The third-order valence-corrected chi connectivity index (χ3v) is 3.18. The minimum absolute atomic E-state index is 0.302. The maximum Gasteiger partial charge on any atom is 0.329 e. The number of nitrogens with two attached hydrogens (primary N) is 1. The maximum atomic E-state index is 11.9. The Bertz CT molecular complexity index is 470. The van der Waals surface area contributed by atoms with E-state index in [1.165, 1.54) is 0 Å². The second kappa shape index (κ2) is 6.08. The van der Waals surface area contributed by atoms with Crippen LogP contribution in [0, 0.1) is 0 Å². The lowest BCUT2D eigenvalue weighted by Gasteiger charge is -2.28. The van der Waals surface area contributed by atoms with Crippen molar-refractivity contribution in [3.05, 3.63) is 24.3 Å². The molecular formula is C13H19N3O3. The molecular weight excluding hydrogens is 246 g/mol.